The average molecular weight is 440 g/mol. The first-order chi connectivity index (χ1) is 15.0. The summed E-state index contributed by atoms with van der Waals surface area (Å²) in [6.45, 7) is 1.33. The van der Waals surface area contributed by atoms with Crippen LogP contribution in [0, 0.1) is 11.3 Å². The molecule has 0 amide bonds. The maximum Gasteiger partial charge on any atom is 0.153 e. The lowest BCUT2D eigenvalue weighted by Crippen LogP contribution is -2.36. The van der Waals surface area contributed by atoms with Gasteiger partial charge in [-0.25, -0.2) is 4.99 Å². The van der Waals surface area contributed by atoms with Gasteiger partial charge in [-0.15, -0.1) is 0 Å². The summed E-state index contributed by atoms with van der Waals surface area (Å²) in [5.41, 5.74) is 4.59. The fraction of sp³-hybridized carbons (Fsp3) is 0.391. The minimum absolute atomic E-state index is 0.0478. The highest BCUT2D eigenvalue weighted by Gasteiger charge is 2.32. The number of hydrogen-bond donors (Lipinski definition) is 4. The molecule has 8 heteroatoms. The summed E-state index contributed by atoms with van der Waals surface area (Å²) in [5.74, 6) is 2.08. The van der Waals surface area contributed by atoms with Crippen molar-refractivity contribution in [2.24, 2.45) is 10.9 Å². The zero-order valence-electron chi connectivity index (χ0n) is 18.1. The number of ether oxygens (including phenoxy) is 1. The fourth-order valence-corrected chi connectivity index (χ4v) is 4.36. The summed E-state index contributed by atoms with van der Waals surface area (Å²) in [4.78, 5) is 5.66. The highest BCUT2D eigenvalue weighted by Crippen LogP contribution is 2.41. The average Bonchev–Trinajstić information content (AvgIpc) is 3.54. The first-order valence-corrected chi connectivity index (χ1v) is 12.1. The van der Waals surface area contributed by atoms with Gasteiger partial charge >= 0.3 is 0 Å². The van der Waals surface area contributed by atoms with E-state index in [-0.39, 0.29) is 6.04 Å². The number of aliphatic imine (C=N–C) groups is 1. The predicted octanol–water partition coefficient (Wildman–Crippen LogP) is 2.21. The van der Waals surface area contributed by atoms with Crippen LogP contribution in [-0.4, -0.2) is 56.1 Å². The van der Waals surface area contributed by atoms with E-state index in [1.54, 1.807) is 19.5 Å². The SMILES string of the molecule is CN/C=C(\C=N)C1=NC2=C(CN1)C(NC)C=C2c1cc([S+](C)[O-])ccc1OCC1CC1. The minimum atomic E-state index is -1.10. The van der Waals surface area contributed by atoms with Crippen LogP contribution in [0.4, 0.5) is 0 Å². The van der Waals surface area contributed by atoms with E-state index >= 15 is 0 Å². The van der Waals surface area contributed by atoms with Gasteiger partial charge in [-0.05, 0) is 54.7 Å². The van der Waals surface area contributed by atoms with Gasteiger partial charge in [0.2, 0.25) is 0 Å². The Balaban J connectivity index is 1.78. The Morgan fingerprint density at radius 2 is 2.19 bits per heavy atom. The summed E-state index contributed by atoms with van der Waals surface area (Å²) in [5, 5.41) is 17.4. The number of rotatable bonds is 9. The van der Waals surface area contributed by atoms with E-state index in [9.17, 15) is 4.55 Å². The standard InChI is InChI=1S/C23H29N5O2S/c1-25-11-15(10-24)23-27-12-19-20(26-2)9-18(22(19)28-23)17-8-16(31(3)29)6-7-21(17)30-13-14-4-5-14/h6-11,14,20,24-26H,4-5,12-13H2,1-3H3,(H,27,28)/b15-11+,24-10?. The van der Waals surface area contributed by atoms with Gasteiger partial charge in [-0.2, -0.15) is 0 Å². The smallest absolute Gasteiger partial charge is 0.153 e. The molecule has 2 aliphatic carbocycles. The van der Waals surface area contributed by atoms with Crippen molar-refractivity contribution in [3.63, 3.8) is 0 Å². The molecule has 1 saturated carbocycles. The molecule has 2 unspecified atom stereocenters. The Hall–Kier alpha value is -2.55. The molecule has 1 aliphatic heterocycles. The van der Waals surface area contributed by atoms with Gasteiger partial charge in [0.25, 0.3) is 0 Å². The normalized spacial score (nSPS) is 21.7. The Labute approximate surface area is 186 Å². The molecule has 4 N–H and O–H groups in total. The largest absolute Gasteiger partial charge is 0.612 e. The highest BCUT2D eigenvalue weighted by molar-refractivity contribution is 7.90. The van der Waals surface area contributed by atoms with Crippen LogP contribution in [0.3, 0.4) is 0 Å². The lowest BCUT2D eigenvalue weighted by Gasteiger charge is -2.22. The van der Waals surface area contributed by atoms with E-state index in [1.807, 2.05) is 25.2 Å². The number of likely N-dealkylation sites (N-methyl/N-ethyl adjacent to an activating group) is 1. The van der Waals surface area contributed by atoms with Crippen LogP contribution in [0.25, 0.3) is 5.57 Å². The molecule has 164 valence electrons. The lowest BCUT2D eigenvalue weighted by molar-refractivity contribution is 0.299. The van der Waals surface area contributed by atoms with Crippen molar-refractivity contribution in [3.8, 4) is 5.75 Å². The molecule has 1 fully saturated rings. The molecule has 0 bridgehead atoms. The summed E-state index contributed by atoms with van der Waals surface area (Å²) < 4.78 is 18.4. The second-order valence-corrected chi connectivity index (χ2v) is 9.31. The van der Waals surface area contributed by atoms with Gasteiger partial charge in [0.15, 0.2) is 4.90 Å². The fourth-order valence-electron chi connectivity index (χ4n) is 3.81. The Bertz CT molecular complexity index is 992. The molecule has 0 spiro atoms. The van der Waals surface area contributed by atoms with Crippen molar-refractivity contribution >= 4 is 28.8 Å². The zero-order chi connectivity index (χ0) is 22.0. The van der Waals surface area contributed by atoms with Crippen LogP contribution in [0.1, 0.15) is 18.4 Å². The molecule has 2 atom stereocenters. The van der Waals surface area contributed by atoms with Crippen molar-refractivity contribution < 1.29 is 9.29 Å². The van der Waals surface area contributed by atoms with Gasteiger partial charge in [0.1, 0.15) is 17.8 Å². The molecule has 1 aromatic carbocycles. The summed E-state index contributed by atoms with van der Waals surface area (Å²) >= 11 is -1.10. The van der Waals surface area contributed by atoms with Crippen molar-refractivity contribution in [2.75, 3.05) is 33.5 Å². The molecule has 7 nitrogen and oxygen atoms in total. The summed E-state index contributed by atoms with van der Waals surface area (Å²) in [6.07, 6.45) is 9.32. The van der Waals surface area contributed by atoms with E-state index in [2.05, 4.69) is 22.0 Å². The lowest BCUT2D eigenvalue weighted by atomic mass is 10.0. The third-order valence-electron chi connectivity index (χ3n) is 5.72. The summed E-state index contributed by atoms with van der Waals surface area (Å²) in [6, 6.07) is 5.82. The van der Waals surface area contributed by atoms with Crippen molar-refractivity contribution in [3.05, 3.63) is 52.9 Å². The van der Waals surface area contributed by atoms with Crippen LogP contribution in [0.2, 0.25) is 0 Å². The number of benzene rings is 1. The van der Waals surface area contributed by atoms with Crippen molar-refractivity contribution in [1.29, 1.82) is 5.41 Å². The van der Waals surface area contributed by atoms with Gasteiger partial charge < -0.3 is 30.6 Å². The van der Waals surface area contributed by atoms with Crippen LogP contribution in [-0.2, 0) is 11.2 Å². The minimum Gasteiger partial charge on any atom is -0.612 e. The number of hydrogen-bond acceptors (Lipinski definition) is 7. The molecule has 0 aromatic heterocycles. The topological polar surface area (TPSA) is 105 Å². The first-order valence-electron chi connectivity index (χ1n) is 10.5. The highest BCUT2D eigenvalue weighted by atomic mass is 32.2. The van der Waals surface area contributed by atoms with Crippen LogP contribution >= 0.6 is 0 Å². The first kappa shape index (κ1) is 21.7. The van der Waals surface area contributed by atoms with Gasteiger partial charge in [0, 0.05) is 43.2 Å². The molecule has 31 heavy (non-hydrogen) atoms. The van der Waals surface area contributed by atoms with Gasteiger partial charge in [-0.3, -0.25) is 0 Å². The van der Waals surface area contributed by atoms with Crippen LogP contribution in [0.15, 0.2) is 57.2 Å². The molecular weight excluding hydrogens is 410 g/mol. The number of nitrogens with one attached hydrogen (secondary N) is 4. The molecular formula is C23H29N5O2S. The molecule has 0 saturated heterocycles. The van der Waals surface area contributed by atoms with Crippen molar-refractivity contribution in [1.82, 2.24) is 16.0 Å². The monoisotopic (exact) mass is 439 g/mol. The van der Waals surface area contributed by atoms with Crippen LogP contribution in [0.5, 0.6) is 5.75 Å². The third kappa shape index (κ3) is 4.56. The quantitative estimate of drug-likeness (QED) is 0.349. The number of nitrogens with zero attached hydrogens (tertiary/aromatic N) is 1. The summed E-state index contributed by atoms with van der Waals surface area (Å²) in [7, 11) is 3.73. The maximum absolute atomic E-state index is 12.2. The van der Waals surface area contributed by atoms with E-state index in [1.165, 1.54) is 19.1 Å². The van der Waals surface area contributed by atoms with Gasteiger partial charge in [0.05, 0.1) is 23.9 Å². The predicted molar refractivity (Wildman–Crippen MR) is 126 cm³/mol. The molecule has 1 aromatic rings. The Morgan fingerprint density at radius 3 is 2.84 bits per heavy atom. The van der Waals surface area contributed by atoms with E-state index in [4.69, 9.17) is 15.1 Å². The van der Waals surface area contributed by atoms with Crippen LogP contribution < -0.4 is 20.7 Å². The Kier molecular flexibility index (Phi) is 6.50. The molecule has 4 rings (SSSR count). The molecule has 1 heterocycles. The number of amidine groups is 1. The third-order valence-corrected chi connectivity index (χ3v) is 6.64. The maximum atomic E-state index is 12.2. The van der Waals surface area contributed by atoms with E-state index in [0.717, 1.165) is 33.1 Å². The van der Waals surface area contributed by atoms with E-state index < -0.39 is 11.2 Å². The van der Waals surface area contributed by atoms with E-state index in [0.29, 0.717) is 30.5 Å². The zero-order valence-corrected chi connectivity index (χ0v) is 18.9. The molecule has 3 aliphatic rings. The Morgan fingerprint density at radius 1 is 1.39 bits per heavy atom. The molecule has 0 radical (unpaired) electrons. The number of allylic oxidation sites excluding steroid dienone is 1. The van der Waals surface area contributed by atoms with Crippen molar-refractivity contribution in [2.45, 2.75) is 23.8 Å². The van der Waals surface area contributed by atoms with Gasteiger partial charge in [-0.1, -0.05) is 6.08 Å². The second-order valence-electron chi connectivity index (χ2n) is 7.93. The second kappa shape index (κ2) is 9.30.